The number of nitrogens with one attached hydrogen (secondary N) is 2. The van der Waals surface area contributed by atoms with Crippen LogP contribution in [0.25, 0.3) is 10.9 Å². The van der Waals surface area contributed by atoms with E-state index in [1.807, 2.05) is 0 Å². The molecule has 0 aliphatic rings. The number of fused-ring (bicyclic) bond motifs is 1. The molecule has 0 unspecified atom stereocenters. The van der Waals surface area contributed by atoms with Crippen LogP contribution in [-0.4, -0.2) is 27.8 Å². The summed E-state index contributed by atoms with van der Waals surface area (Å²) in [4.78, 5) is 24.3. The Kier molecular flexibility index (Phi) is 3.40. The van der Waals surface area contributed by atoms with Crippen molar-refractivity contribution in [1.29, 1.82) is 0 Å². The highest BCUT2D eigenvalue weighted by molar-refractivity contribution is 5.89. The second kappa shape index (κ2) is 4.80. The lowest BCUT2D eigenvalue weighted by Crippen LogP contribution is -2.60. The van der Waals surface area contributed by atoms with Gasteiger partial charge in [0.25, 0.3) is 0 Å². The minimum atomic E-state index is -4.47. The van der Waals surface area contributed by atoms with Gasteiger partial charge in [-0.2, -0.15) is 13.2 Å². The number of carboxylic acid groups (broad SMARTS) is 1. The van der Waals surface area contributed by atoms with Crippen LogP contribution in [0.5, 0.6) is 0 Å². The summed E-state index contributed by atoms with van der Waals surface area (Å²) < 4.78 is 43.1. The van der Waals surface area contributed by atoms with Crippen molar-refractivity contribution in [3.63, 3.8) is 0 Å². The summed E-state index contributed by atoms with van der Waals surface area (Å²) in [5.41, 5.74) is -0.556. The normalized spacial score (nSPS) is 14.7. The molecule has 1 aromatic carbocycles. The molecule has 1 heterocycles. The van der Waals surface area contributed by atoms with E-state index in [1.165, 1.54) is 23.5 Å². The van der Waals surface area contributed by atoms with Crippen LogP contribution in [-0.2, 0) is 15.5 Å². The Morgan fingerprint density at radius 3 is 2.43 bits per heavy atom. The van der Waals surface area contributed by atoms with Gasteiger partial charge in [0, 0.05) is 24.0 Å². The minimum Gasteiger partial charge on any atom is -0.477 e. The molecule has 0 saturated carbocycles. The van der Waals surface area contributed by atoms with Crippen molar-refractivity contribution in [2.75, 3.05) is 0 Å². The third-order valence-corrected chi connectivity index (χ3v) is 3.00. The number of H-pyrrole nitrogens is 1. The number of rotatable bonds is 4. The zero-order valence-corrected chi connectivity index (χ0v) is 10.8. The Morgan fingerprint density at radius 2 is 1.86 bits per heavy atom. The van der Waals surface area contributed by atoms with Crippen molar-refractivity contribution < 1.29 is 27.9 Å². The van der Waals surface area contributed by atoms with Crippen molar-refractivity contribution in [2.24, 2.45) is 0 Å². The van der Waals surface area contributed by atoms with Crippen molar-refractivity contribution in [3.8, 4) is 0 Å². The molecule has 0 fully saturated rings. The monoisotopic (exact) mass is 300 g/mol. The van der Waals surface area contributed by atoms with Gasteiger partial charge in [-0.3, -0.25) is 4.79 Å². The number of hydrogen-bond donors (Lipinski definition) is 3. The molecule has 1 atom stereocenters. The van der Waals surface area contributed by atoms with Crippen LogP contribution in [0.15, 0.2) is 30.5 Å². The van der Waals surface area contributed by atoms with Crippen LogP contribution in [0, 0.1) is 0 Å². The third kappa shape index (κ3) is 2.22. The van der Waals surface area contributed by atoms with E-state index in [0.717, 1.165) is 13.1 Å². The maximum atomic E-state index is 14.4. The van der Waals surface area contributed by atoms with Crippen molar-refractivity contribution >= 4 is 22.8 Å². The second-order valence-corrected chi connectivity index (χ2v) is 4.47. The first kappa shape index (κ1) is 14.9. The minimum absolute atomic E-state index is 0.0314. The molecule has 2 aromatic rings. The van der Waals surface area contributed by atoms with Gasteiger partial charge in [-0.25, -0.2) is 4.79 Å². The number of alkyl halides is 3. The first-order valence-electron chi connectivity index (χ1n) is 5.85. The Balaban J connectivity index is 2.62. The van der Waals surface area contributed by atoms with Gasteiger partial charge in [0.15, 0.2) is 0 Å². The van der Waals surface area contributed by atoms with E-state index < -0.39 is 29.2 Å². The predicted octanol–water partition coefficient (Wildman–Crippen LogP) is 2.15. The fraction of sp³-hybridized carbons (Fsp3) is 0.231. The number of halogens is 3. The molecule has 2 rings (SSSR count). The number of aromatic amines is 1. The smallest absolute Gasteiger partial charge is 0.369 e. The number of aromatic nitrogens is 1. The van der Waals surface area contributed by atoms with E-state index in [0.29, 0.717) is 5.52 Å². The van der Waals surface area contributed by atoms with E-state index in [-0.39, 0.29) is 5.39 Å². The average molecular weight is 300 g/mol. The van der Waals surface area contributed by atoms with Gasteiger partial charge in [-0.15, -0.1) is 0 Å². The fourth-order valence-corrected chi connectivity index (χ4v) is 2.03. The Bertz CT molecular complexity index is 714. The fourth-order valence-electron chi connectivity index (χ4n) is 2.03. The zero-order chi connectivity index (χ0) is 15.8. The lowest BCUT2D eigenvalue weighted by molar-refractivity contribution is -0.197. The standard InChI is InChI=1S/C13H11F3N2O3/c1-7(19)18-13(16,11(20)21)12(14,15)9-6-17-10-5-3-2-4-8(9)10/h2-6,17H,1H3,(H,18,19)(H,20,21)/t13-/m1/s1. The molecule has 1 amide bonds. The topological polar surface area (TPSA) is 82.2 Å². The average Bonchev–Trinajstić information content (AvgIpc) is 2.81. The summed E-state index contributed by atoms with van der Waals surface area (Å²) in [6.07, 6.45) is 0.823. The molecule has 0 radical (unpaired) electrons. The molecule has 1 aromatic heterocycles. The highest BCUT2D eigenvalue weighted by Gasteiger charge is 2.63. The van der Waals surface area contributed by atoms with Crippen molar-refractivity contribution in [3.05, 3.63) is 36.0 Å². The lowest BCUT2D eigenvalue weighted by atomic mass is 9.98. The number of hydrogen-bond acceptors (Lipinski definition) is 2. The maximum Gasteiger partial charge on any atom is 0.369 e. The highest BCUT2D eigenvalue weighted by Crippen LogP contribution is 2.43. The predicted molar refractivity (Wildman–Crippen MR) is 67.5 cm³/mol. The van der Waals surface area contributed by atoms with E-state index in [1.54, 1.807) is 6.07 Å². The molecule has 3 N–H and O–H groups in total. The summed E-state index contributed by atoms with van der Waals surface area (Å²) in [7, 11) is 0. The third-order valence-electron chi connectivity index (χ3n) is 3.00. The zero-order valence-electron chi connectivity index (χ0n) is 10.8. The van der Waals surface area contributed by atoms with E-state index in [9.17, 15) is 22.8 Å². The van der Waals surface area contributed by atoms with Gasteiger partial charge in [0.1, 0.15) is 0 Å². The van der Waals surface area contributed by atoms with Crippen LogP contribution < -0.4 is 5.32 Å². The van der Waals surface area contributed by atoms with Crippen LogP contribution in [0.3, 0.4) is 0 Å². The van der Waals surface area contributed by atoms with Crippen LogP contribution in [0.1, 0.15) is 12.5 Å². The molecule has 21 heavy (non-hydrogen) atoms. The highest BCUT2D eigenvalue weighted by atomic mass is 19.3. The molecular formula is C13H11F3N2O3. The second-order valence-electron chi connectivity index (χ2n) is 4.47. The number of amides is 1. The lowest BCUT2D eigenvalue weighted by Gasteiger charge is -2.29. The molecule has 0 bridgehead atoms. The maximum absolute atomic E-state index is 14.4. The molecular weight excluding hydrogens is 289 g/mol. The number of aliphatic carboxylic acids is 1. The Hall–Kier alpha value is -2.51. The SMILES string of the molecule is CC(=O)N[C@](F)(C(=O)O)C(F)(F)c1c[nH]c2ccccc12. The molecule has 5 nitrogen and oxygen atoms in total. The largest absolute Gasteiger partial charge is 0.477 e. The molecule has 8 heteroatoms. The van der Waals surface area contributed by atoms with E-state index >= 15 is 0 Å². The summed E-state index contributed by atoms with van der Waals surface area (Å²) in [5.74, 6) is -12.4. The van der Waals surface area contributed by atoms with E-state index in [4.69, 9.17) is 5.11 Å². The molecule has 0 aliphatic carbocycles. The number of para-hydroxylation sites is 1. The number of carbonyl (C=O) groups is 2. The molecule has 0 spiro atoms. The number of carboxylic acids is 1. The van der Waals surface area contributed by atoms with Crippen LogP contribution in [0.4, 0.5) is 13.2 Å². The molecule has 112 valence electrons. The first-order chi connectivity index (χ1) is 9.70. The van der Waals surface area contributed by atoms with Gasteiger partial charge in [-0.05, 0) is 6.07 Å². The quantitative estimate of drug-likeness (QED) is 0.757. The van der Waals surface area contributed by atoms with Gasteiger partial charge in [-0.1, -0.05) is 18.2 Å². The first-order valence-corrected chi connectivity index (χ1v) is 5.85. The van der Waals surface area contributed by atoms with Gasteiger partial charge >= 0.3 is 17.7 Å². The van der Waals surface area contributed by atoms with Gasteiger partial charge in [0.2, 0.25) is 5.91 Å². The summed E-state index contributed by atoms with van der Waals surface area (Å²) in [6.45, 7) is 0.753. The molecule has 0 saturated heterocycles. The van der Waals surface area contributed by atoms with Crippen LogP contribution >= 0.6 is 0 Å². The van der Waals surface area contributed by atoms with Gasteiger partial charge in [0.05, 0.1) is 5.56 Å². The number of carbonyl (C=O) groups excluding carboxylic acids is 1. The molecule has 0 aliphatic heterocycles. The summed E-state index contributed by atoms with van der Waals surface area (Å²) in [5, 5.41) is 9.96. The van der Waals surface area contributed by atoms with Gasteiger partial charge < -0.3 is 15.4 Å². The summed E-state index contributed by atoms with van der Waals surface area (Å²) in [6, 6.07) is 5.81. The Morgan fingerprint density at radius 1 is 1.24 bits per heavy atom. The number of benzene rings is 1. The van der Waals surface area contributed by atoms with E-state index in [2.05, 4.69) is 4.98 Å². The van der Waals surface area contributed by atoms with Crippen LogP contribution in [0.2, 0.25) is 0 Å². The Labute approximate surface area is 116 Å². The van der Waals surface area contributed by atoms with Crippen molar-refractivity contribution in [2.45, 2.75) is 18.6 Å². The summed E-state index contributed by atoms with van der Waals surface area (Å²) >= 11 is 0. The van der Waals surface area contributed by atoms with Crippen molar-refractivity contribution in [1.82, 2.24) is 10.3 Å².